The normalized spacial score (nSPS) is 14.0. The second-order valence-corrected chi connectivity index (χ2v) is 5.91. The molecule has 24 heavy (non-hydrogen) atoms. The standard InChI is InChI=1S/C19H19F3N2/c1-2-3-9-18(14-23,12-15-6-5-10-24-13-15)16-7-4-8-17(11-16)19(20,21)22/h4-8,10-11,13H,2-3,9,12H2,1H3. The Bertz CT molecular complexity index is 705. The third kappa shape index (κ3) is 4.14. The lowest BCUT2D eigenvalue weighted by Gasteiger charge is -2.28. The Morgan fingerprint density at radius 3 is 2.46 bits per heavy atom. The Hall–Kier alpha value is -2.35. The minimum atomic E-state index is -4.42. The molecule has 0 N–H and O–H groups in total. The van der Waals surface area contributed by atoms with Crippen molar-refractivity contribution in [2.24, 2.45) is 0 Å². The second kappa shape index (κ2) is 7.48. The van der Waals surface area contributed by atoms with Gasteiger partial charge in [0.25, 0.3) is 0 Å². The molecule has 0 amide bonds. The number of nitriles is 1. The van der Waals surface area contributed by atoms with E-state index in [2.05, 4.69) is 11.1 Å². The average Bonchev–Trinajstić information content (AvgIpc) is 2.59. The highest BCUT2D eigenvalue weighted by Crippen LogP contribution is 2.37. The molecule has 0 spiro atoms. The smallest absolute Gasteiger partial charge is 0.264 e. The van der Waals surface area contributed by atoms with Gasteiger partial charge in [0.15, 0.2) is 0 Å². The van der Waals surface area contributed by atoms with E-state index in [1.54, 1.807) is 24.5 Å². The van der Waals surface area contributed by atoms with Gasteiger partial charge in [0, 0.05) is 12.4 Å². The van der Waals surface area contributed by atoms with Gasteiger partial charge in [-0.2, -0.15) is 18.4 Å². The number of halogens is 3. The highest BCUT2D eigenvalue weighted by molar-refractivity contribution is 5.38. The Morgan fingerprint density at radius 1 is 1.12 bits per heavy atom. The summed E-state index contributed by atoms with van der Waals surface area (Å²) in [7, 11) is 0. The summed E-state index contributed by atoms with van der Waals surface area (Å²) in [5.74, 6) is 0. The van der Waals surface area contributed by atoms with E-state index in [1.807, 2.05) is 13.0 Å². The van der Waals surface area contributed by atoms with Crippen LogP contribution < -0.4 is 0 Å². The van der Waals surface area contributed by atoms with Crippen LogP contribution in [0.15, 0.2) is 48.8 Å². The zero-order valence-corrected chi connectivity index (χ0v) is 13.5. The Balaban J connectivity index is 2.48. The van der Waals surface area contributed by atoms with Crippen molar-refractivity contribution in [3.05, 3.63) is 65.5 Å². The van der Waals surface area contributed by atoms with Crippen LogP contribution >= 0.6 is 0 Å². The molecule has 1 unspecified atom stereocenters. The average molecular weight is 332 g/mol. The number of nitrogens with zero attached hydrogens (tertiary/aromatic N) is 2. The number of hydrogen-bond acceptors (Lipinski definition) is 2. The molecule has 0 saturated heterocycles. The van der Waals surface area contributed by atoms with E-state index in [0.29, 0.717) is 18.4 Å². The minimum Gasteiger partial charge on any atom is -0.264 e. The summed E-state index contributed by atoms with van der Waals surface area (Å²) in [6.45, 7) is 2.00. The molecule has 2 nitrogen and oxygen atoms in total. The summed E-state index contributed by atoms with van der Waals surface area (Å²) in [4.78, 5) is 4.04. The molecule has 0 bridgehead atoms. The fraction of sp³-hybridized carbons (Fsp3) is 0.368. The first kappa shape index (κ1) is 18.0. The first-order valence-electron chi connectivity index (χ1n) is 7.89. The lowest BCUT2D eigenvalue weighted by molar-refractivity contribution is -0.137. The van der Waals surface area contributed by atoms with Gasteiger partial charge in [-0.3, -0.25) is 4.98 Å². The van der Waals surface area contributed by atoms with Crippen molar-refractivity contribution < 1.29 is 13.2 Å². The van der Waals surface area contributed by atoms with E-state index in [9.17, 15) is 18.4 Å². The van der Waals surface area contributed by atoms with Crippen molar-refractivity contribution in [2.45, 2.75) is 44.2 Å². The van der Waals surface area contributed by atoms with Crippen molar-refractivity contribution in [1.29, 1.82) is 5.26 Å². The number of rotatable bonds is 6. The minimum absolute atomic E-state index is 0.346. The summed E-state index contributed by atoms with van der Waals surface area (Å²) >= 11 is 0. The van der Waals surface area contributed by atoms with Gasteiger partial charge < -0.3 is 0 Å². The van der Waals surface area contributed by atoms with E-state index >= 15 is 0 Å². The number of hydrogen-bond donors (Lipinski definition) is 0. The largest absolute Gasteiger partial charge is 0.416 e. The molecule has 1 heterocycles. The molecule has 0 aliphatic heterocycles. The topological polar surface area (TPSA) is 36.7 Å². The van der Waals surface area contributed by atoms with E-state index in [0.717, 1.165) is 30.5 Å². The third-order valence-corrected chi connectivity index (χ3v) is 4.14. The van der Waals surface area contributed by atoms with Gasteiger partial charge >= 0.3 is 6.18 Å². The van der Waals surface area contributed by atoms with Crippen LogP contribution in [-0.4, -0.2) is 4.98 Å². The number of benzene rings is 1. The number of aromatic nitrogens is 1. The van der Waals surface area contributed by atoms with Crippen LogP contribution in [-0.2, 0) is 18.0 Å². The SMILES string of the molecule is CCCCC(C#N)(Cc1cccnc1)c1cccc(C(F)(F)F)c1. The first-order valence-corrected chi connectivity index (χ1v) is 7.89. The molecule has 0 saturated carbocycles. The lowest BCUT2D eigenvalue weighted by Crippen LogP contribution is -2.28. The van der Waals surface area contributed by atoms with Crippen molar-refractivity contribution in [3.63, 3.8) is 0 Å². The number of alkyl halides is 3. The van der Waals surface area contributed by atoms with Crippen LogP contribution in [0.4, 0.5) is 13.2 Å². The highest BCUT2D eigenvalue weighted by atomic mass is 19.4. The van der Waals surface area contributed by atoms with Gasteiger partial charge in [0.05, 0.1) is 17.0 Å². The van der Waals surface area contributed by atoms with E-state index in [4.69, 9.17) is 0 Å². The van der Waals surface area contributed by atoms with Crippen molar-refractivity contribution in [3.8, 4) is 6.07 Å². The highest BCUT2D eigenvalue weighted by Gasteiger charge is 2.36. The monoisotopic (exact) mass is 332 g/mol. The summed E-state index contributed by atoms with van der Waals surface area (Å²) < 4.78 is 39.1. The molecule has 5 heteroatoms. The van der Waals surface area contributed by atoms with Gasteiger partial charge in [0.1, 0.15) is 0 Å². The zero-order valence-electron chi connectivity index (χ0n) is 13.5. The zero-order chi connectivity index (χ0) is 17.6. The van der Waals surface area contributed by atoms with Gasteiger partial charge in [-0.05, 0) is 36.1 Å². The van der Waals surface area contributed by atoms with Gasteiger partial charge in [-0.1, -0.05) is 44.0 Å². The number of unbranched alkanes of at least 4 members (excludes halogenated alkanes) is 1. The Kier molecular flexibility index (Phi) is 5.61. The van der Waals surface area contributed by atoms with E-state index in [-0.39, 0.29) is 0 Å². The maximum absolute atomic E-state index is 13.0. The number of pyridine rings is 1. The molecule has 1 aromatic carbocycles. The van der Waals surface area contributed by atoms with Crippen LogP contribution in [0.2, 0.25) is 0 Å². The summed E-state index contributed by atoms with van der Waals surface area (Å²) in [6, 6.07) is 11.0. The molecule has 1 aromatic heterocycles. The van der Waals surface area contributed by atoms with E-state index in [1.165, 1.54) is 6.07 Å². The molecule has 0 aliphatic carbocycles. The molecular weight excluding hydrogens is 313 g/mol. The fourth-order valence-electron chi connectivity index (χ4n) is 2.82. The van der Waals surface area contributed by atoms with Crippen LogP contribution in [0.25, 0.3) is 0 Å². The molecular formula is C19H19F3N2. The van der Waals surface area contributed by atoms with Crippen LogP contribution in [0, 0.1) is 11.3 Å². The van der Waals surface area contributed by atoms with Crippen LogP contribution in [0.5, 0.6) is 0 Å². The maximum atomic E-state index is 13.0. The second-order valence-electron chi connectivity index (χ2n) is 5.91. The summed E-state index contributed by atoms with van der Waals surface area (Å²) in [6.07, 6.45) is 1.37. The Morgan fingerprint density at radius 2 is 1.88 bits per heavy atom. The van der Waals surface area contributed by atoms with Crippen molar-refractivity contribution in [1.82, 2.24) is 4.98 Å². The predicted octanol–water partition coefficient (Wildman–Crippen LogP) is 5.29. The van der Waals surface area contributed by atoms with Crippen LogP contribution in [0.1, 0.15) is 42.9 Å². The van der Waals surface area contributed by atoms with Crippen molar-refractivity contribution in [2.75, 3.05) is 0 Å². The lowest BCUT2D eigenvalue weighted by atomic mass is 9.73. The predicted molar refractivity (Wildman–Crippen MR) is 86.2 cm³/mol. The summed E-state index contributed by atoms with van der Waals surface area (Å²) in [5.41, 5.74) is -0.452. The van der Waals surface area contributed by atoms with Crippen molar-refractivity contribution >= 4 is 0 Å². The maximum Gasteiger partial charge on any atom is 0.416 e. The quantitative estimate of drug-likeness (QED) is 0.720. The molecule has 1 atom stereocenters. The molecule has 126 valence electrons. The van der Waals surface area contributed by atoms with Gasteiger partial charge in [-0.15, -0.1) is 0 Å². The molecule has 0 radical (unpaired) electrons. The molecule has 2 aromatic rings. The van der Waals surface area contributed by atoms with E-state index < -0.39 is 17.2 Å². The van der Waals surface area contributed by atoms with Crippen LogP contribution in [0.3, 0.4) is 0 Å². The van der Waals surface area contributed by atoms with Gasteiger partial charge in [0.2, 0.25) is 0 Å². The van der Waals surface area contributed by atoms with Gasteiger partial charge in [-0.25, -0.2) is 0 Å². The summed E-state index contributed by atoms with van der Waals surface area (Å²) in [5, 5.41) is 9.86. The first-order chi connectivity index (χ1) is 11.4. The molecule has 0 fully saturated rings. The third-order valence-electron chi connectivity index (χ3n) is 4.14. The molecule has 0 aliphatic rings. The Labute approximate surface area is 140 Å². The fourth-order valence-corrected chi connectivity index (χ4v) is 2.82. The molecule has 2 rings (SSSR count).